The number of benzene rings is 1. The van der Waals surface area contributed by atoms with Gasteiger partial charge >= 0.3 is 0 Å². The zero-order valence-electron chi connectivity index (χ0n) is 8.24. The summed E-state index contributed by atoms with van der Waals surface area (Å²) in [6, 6.07) is 9.75. The minimum absolute atomic E-state index is 0.109. The predicted octanol–water partition coefficient (Wildman–Crippen LogP) is 2.82. The highest BCUT2D eigenvalue weighted by atomic mass is 79.9. The summed E-state index contributed by atoms with van der Waals surface area (Å²) in [5.41, 5.74) is 0.971. The van der Waals surface area contributed by atoms with Gasteiger partial charge in [-0.25, -0.2) is 0 Å². The molecule has 0 radical (unpaired) electrons. The highest BCUT2D eigenvalue weighted by Gasteiger charge is 2.12. The van der Waals surface area contributed by atoms with Gasteiger partial charge in [0.1, 0.15) is 0 Å². The van der Waals surface area contributed by atoms with Crippen LogP contribution in [0.25, 0.3) is 0 Å². The van der Waals surface area contributed by atoms with E-state index in [1.165, 1.54) is 0 Å². The monoisotopic (exact) mass is 255 g/mol. The molecule has 0 saturated heterocycles. The maximum atomic E-state index is 11.6. The summed E-state index contributed by atoms with van der Waals surface area (Å²) < 4.78 is 0. The Bertz CT molecular complexity index is 287. The van der Waals surface area contributed by atoms with E-state index in [-0.39, 0.29) is 5.91 Å². The molecule has 1 amide bonds. The van der Waals surface area contributed by atoms with Crippen LogP contribution in [0.2, 0.25) is 0 Å². The Morgan fingerprint density at radius 3 is 2.50 bits per heavy atom. The molecule has 0 saturated carbocycles. The second kappa shape index (κ2) is 5.81. The van der Waals surface area contributed by atoms with Crippen molar-refractivity contribution in [2.45, 2.75) is 13.3 Å². The maximum absolute atomic E-state index is 11.6. The van der Waals surface area contributed by atoms with Crippen LogP contribution in [-0.4, -0.2) is 17.8 Å². The van der Waals surface area contributed by atoms with E-state index < -0.39 is 0 Å². The van der Waals surface area contributed by atoms with E-state index in [2.05, 4.69) is 22.9 Å². The third-order valence-electron chi connectivity index (χ3n) is 1.93. The molecule has 0 aromatic heterocycles. The van der Waals surface area contributed by atoms with Crippen LogP contribution in [0.3, 0.4) is 0 Å². The lowest BCUT2D eigenvalue weighted by Crippen LogP contribution is -2.32. The quantitative estimate of drug-likeness (QED) is 0.758. The molecule has 1 rings (SSSR count). The van der Waals surface area contributed by atoms with Gasteiger partial charge in [0.05, 0.1) is 5.33 Å². The number of hydrogen-bond donors (Lipinski definition) is 0. The number of carbonyl (C=O) groups is 1. The molecule has 0 heterocycles. The lowest BCUT2D eigenvalue weighted by molar-refractivity contribution is -0.116. The van der Waals surface area contributed by atoms with E-state index in [1.807, 2.05) is 30.3 Å². The van der Waals surface area contributed by atoms with Crippen molar-refractivity contribution in [2.75, 3.05) is 16.8 Å². The Kier molecular flexibility index (Phi) is 4.66. The summed E-state index contributed by atoms with van der Waals surface area (Å²) in [4.78, 5) is 13.4. The van der Waals surface area contributed by atoms with Crippen molar-refractivity contribution in [1.82, 2.24) is 0 Å². The molecule has 1 aromatic rings. The van der Waals surface area contributed by atoms with Crippen molar-refractivity contribution in [2.24, 2.45) is 0 Å². The van der Waals surface area contributed by atoms with Crippen LogP contribution in [0.1, 0.15) is 13.3 Å². The van der Waals surface area contributed by atoms with Gasteiger partial charge < -0.3 is 4.90 Å². The molecule has 14 heavy (non-hydrogen) atoms. The van der Waals surface area contributed by atoms with Crippen LogP contribution < -0.4 is 4.90 Å². The van der Waals surface area contributed by atoms with Crippen molar-refractivity contribution in [1.29, 1.82) is 0 Å². The Hall–Kier alpha value is -0.830. The molecular weight excluding hydrogens is 242 g/mol. The van der Waals surface area contributed by atoms with Gasteiger partial charge in [-0.2, -0.15) is 0 Å². The number of hydrogen-bond acceptors (Lipinski definition) is 1. The molecule has 0 atom stereocenters. The van der Waals surface area contributed by atoms with Gasteiger partial charge in [0.15, 0.2) is 0 Å². The molecule has 0 unspecified atom stereocenters. The fourth-order valence-corrected chi connectivity index (χ4v) is 1.60. The largest absolute Gasteiger partial charge is 0.312 e. The summed E-state index contributed by atoms with van der Waals surface area (Å²) >= 11 is 3.19. The molecule has 0 N–H and O–H groups in total. The first-order valence-corrected chi connectivity index (χ1v) is 5.83. The average molecular weight is 256 g/mol. The van der Waals surface area contributed by atoms with Gasteiger partial charge in [-0.15, -0.1) is 0 Å². The molecule has 0 fully saturated rings. The van der Waals surface area contributed by atoms with Crippen LogP contribution in [0.15, 0.2) is 30.3 Å². The van der Waals surface area contributed by atoms with Crippen LogP contribution in [0.5, 0.6) is 0 Å². The molecule has 1 aromatic carbocycles. The van der Waals surface area contributed by atoms with Crippen LogP contribution in [-0.2, 0) is 4.79 Å². The zero-order valence-corrected chi connectivity index (χ0v) is 9.83. The topological polar surface area (TPSA) is 20.3 Å². The fourth-order valence-electron chi connectivity index (χ4n) is 1.30. The Morgan fingerprint density at radius 2 is 2.00 bits per heavy atom. The SMILES string of the molecule is CCCN(C(=O)CBr)c1ccccc1. The van der Waals surface area contributed by atoms with Gasteiger partial charge in [-0.1, -0.05) is 41.1 Å². The fraction of sp³-hybridized carbons (Fsp3) is 0.364. The summed E-state index contributed by atoms with van der Waals surface area (Å²) in [6.07, 6.45) is 0.966. The predicted molar refractivity (Wildman–Crippen MR) is 62.9 cm³/mol. The smallest absolute Gasteiger partial charge is 0.237 e. The Labute approximate surface area is 93.0 Å². The Balaban J connectivity index is 2.83. The summed E-state index contributed by atoms with van der Waals surface area (Å²) in [5, 5.41) is 0.377. The van der Waals surface area contributed by atoms with Crippen LogP contribution in [0.4, 0.5) is 5.69 Å². The number of anilines is 1. The van der Waals surface area contributed by atoms with Crippen LogP contribution in [0, 0.1) is 0 Å². The second-order valence-electron chi connectivity index (χ2n) is 3.01. The average Bonchev–Trinajstić information content (AvgIpc) is 2.26. The van der Waals surface area contributed by atoms with Gasteiger partial charge in [-0.3, -0.25) is 4.79 Å². The van der Waals surface area contributed by atoms with Crippen molar-refractivity contribution in [3.05, 3.63) is 30.3 Å². The molecular formula is C11H14BrNO. The Morgan fingerprint density at radius 1 is 1.36 bits per heavy atom. The molecule has 76 valence electrons. The molecule has 0 spiro atoms. The van der Waals surface area contributed by atoms with Gasteiger partial charge in [0, 0.05) is 12.2 Å². The molecule has 2 nitrogen and oxygen atoms in total. The molecule has 0 bridgehead atoms. The van der Waals surface area contributed by atoms with E-state index in [0.29, 0.717) is 5.33 Å². The van der Waals surface area contributed by atoms with E-state index in [9.17, 15) is 4.79 Å². The highest BCUT2D eigenvalue weighted by Crippen LogP contribution is 2.14. The second-order valence-corrected chi connectivity index (χ2v) is 3.58. The van der Waals surface area contributed by atoms with Crippen molar-refractivity contribution in [3.8, 4) is 0 Å². The minimum atomic E-state index is 0.109. The van der Waals surface area contributed by atoms with E-state index >= 15 is 0 Å². The molecule has 0 aliphatic carbocycles. The van der Waals surface area contributed by atoms with Crippen molar-refractivity contribution < 1.29 is 4.79 Å². The first-order valence-electron chi connectivity index (χ1n) is 4.71. The van der Waals surface area contributed by atoms with Gasteiger partial charge in [-0.05, 0) is 18.6 Å². The van der Waals surface area contributed by atoms with Gasteiger partial charge in [0.25, 0.3) is 0 Å². The number of carbonyl (C=O) groups excluding carboxylic acids is 1. The summed E-state index contributed by atoms with van der Waals surface area (Å²) in [5.74, 6) is 0.109. The molecule has 0 aliphatic heterocycles. The standard InChI is InChI=1S/C11H14BrNO/c1-2-8-13(11(14)9-12)10-6-4-3-5-7-10/h3-7H,2,8-9H2,1H3. The third kappa shape index (κ3) is 2.84. The number of rotatable bonds is 4. The highest BCUT2D eigenvalue weighted by molar-refractivity contribution is 9.09. The maximum Gasteiger partial charge on any atom is 0.237 e. The van der Waals surface area contributed by atoms with E-state index in [4.69, 9.17) is 0 Å². The number of amides is 1. The number of nitrogens with zero attached hydrogens (tertiary/aromatic N) is 1. The number of halogens is 1. The number of alkyl halides is 1. The normalized spacial score (nSPS) is 9.86. The summed E-state index contributed by atoms with van der Waals surface area (Å²) in [6.45, 7) is 2.84. The minimum Gasteiger partial charge on any atom is -0.312 e. The first kappa shape index (κ1) is 11.2. The first-order chi connectivity index (χ1) is 6.79. The van der Waals surface area contributed by atoms with Crippen LogP contribution >= 0.6 is 15.9 Å². The molecule has 3 heteroatoms. The third-order valence-corrected chi connectivity index (χ3v) is 2.41. The number of para-hydroxylation sites is 1. The van der Waals surface area contributed by atoms with E-state index in [0.717, 1.165) is 18.7 Å². The lowest BCUT2D eigenvalue weighted by atomic mass is 10.2. The van der Waals surface area contributed by atoms with Crippen molar-refractivity contribution >= 4 is 27.5 Å². The molecule has 0 aliphatic rings. The van der Waals surface area contributed by atoms with E-state index in [1.54, 1.807) is 4.90 Å². The zero-order chi connectivity index (χ0) is 10.4. The van der Waals surface area contributed by atoms with Gasteiger partial charge in [0.2, 0.25) is 5.91 Å². The lowest BCUT2D eigenvalue weighted by Gasteiger charge is -2.21. The van der Waals surface area contributed by atoms with Crippen molar-refractivity contribution in [3.63, 3.8) is 0 Å². The summed E-state index contributed by atoms with van der Waals surface area (Å²) in [7, 11) is 0.